The molecule has 0 saturated heterocycles. The molecule has 4 aliphatic rings. The number of benzene rings is 1. The predicted molar refractivity (Wildman–Crippen MR) is 123 cm³/mol. The molecule has 1 aromatic heterocycles. The fourth-order valence-corrected chi connectivity index (χ4v) is 8.00. The largest absolute Gasteiger partial charge is 0.462 e. The number of carbonyl (C=O) groups is 1. The van der Waals surface area contributed by atoms with Gasteiger partial charge in [0, 0.05) is 24.1 Å². The summed E-state index contributed by atoms with van der Waals surface area (Å²) in [5.74, 6) is 2.02. The molecule has 31 heavy (non-hydrogen) atoms. The molecule has 0 radical (unpaired) electrons. The maximum absolute atomic E-state index is 11.5. The Bertz CT molecular complexity index is 1100. The highest BCUT2D eigenvalue weighted by Crippen LogP contribution is 2.64. The Morgan fingerprint density at radius 1 is 1.06 bits per heavy atom. The molecule has 1 heterocycles. The Morgan fingerprint density at radius 2 is 1.87 bits per heavy atom. The van der Waals surface area contributed by atoms with Crippen LogP contribution in [0.4, 0.5) is 0 Å². The Labute approximate surface area is 185 Å². The van der Waals surface area contributed by atoms with Crippen LogP contribution in [0.1, 0.15) is 70.6 Å². The van der Waals surface area contributed by atoms with Crippen LogP contribution < -0.4 is 0 Å². The second kappa shape index (κ2) is 6.67. The van der Waals surface area contributed by atoms with E-state index < -0.39 is 0 Å². The number of hydrogen-bond acceptors (Lipinski definition) is 3. The minimum atomic E-state index is -0.139. The summed E-state index contributed by atoms with van der Waals surface area (Å²) in [5, 5.41) is 1.28. The quantitative estimate of drug-likeness (QED) is 0.415. The third-order valence-electron chi connectivity index (χ3n) is 9.56. The van der Waals surface area contributed by atoms with Gasteiger partial charge < -0.3 is 4.74 Å². The van der Waals surface area contributed by atoms with Gasteiger partial charge >= 0.3 is 5.97 Å². The average Bonchev–Trinajstić information content (AvgIpc) is 3.04. The topological polar surface area (TPSA) is 39.2 Å². The van der Waals surface area contributed by atoms with Crippen molar-refractivity contribution in [3.05, 3.63) is 53.2 Å². The van der Waals surface area contributed by atoms with Crippen molar-refractivity contribution in [3.63, 3.8) is 0 Å². The molecule has 6 rings (SSSR count). The molecule has 3 heteroatoms. The van der Waals surface area contributed by atoms with Crippen LogP contribution in [0.5, 0.6) is 0 Å². The minimum Gasteiger partial charge on any atom is -0.462 e. The third-order valence-corrected chi connectivity index (χ3v) is 9.56. The summed E-state index contributed by atoms with van der Waals surface area (Å²) in [6, 6.07) is 11.0. The molecular formula is C28H33NO2. The van der Waals surface area contributed by atoms with E-state index in [1.807, 2.05) is 0 Å². The summed E-state index contributed by atoms with van der Waals surface area (Å²) in [7, 11) is 0. The van der Waals surface area contributed by atoms with Crippen molar-refractivity contribution in [1.82, 2.24) is 4.98 Å². The van der Waals surface area contributed by atoms with Crippen LogP contribution in [0, 0.1) is 23.2 Å². The number of aromatic nitrogens is 1. The van der Waals surface area contributed by atoms with E-state index in [9.17, 15) is 4.79 Å². The molecule has 162 valence electrons. The first-order valence-corrected chi connectivity index (χ1v) is 12.1. The zero-order chi connectivity index (χ0) is 21.4. The van der Waals surface area contributed by atoms with Crippen LogP contribution in [0.3, 0.4) is 0 Å². The van der Waals surface area contributed by atoms with E-state index in [2.05, 4.69) is 50.3 Å². The minimum absolute atomic E-state index is 0.0783. The first-order valence-electron chi connectivity index (χ1n) is 12.1. The lowest BCUT2D eigenvalue weighted by molar-refractivity contribution is -0.148. The second-order valence-electron chi connectivity index (χ2n) is 11.1. The van der Waals surface area contributed by atoms with Gasteiger partial charge in [0.25, 0.3) is 0 Å². The van der Waals surface area contributed by atoms with E-state index in [1.165, 1.54) is 49.3 Å². The lowest BCUT2D eigenvalue weighted by Crippen LogP contribution is -2.51. The molecule has 6 atom stereocenters. The fourth-order valence-electron chi connectivity index (χ4n) is 8.00. The van der Waals surface area contributed by atoms with Crippen molar-refractivity contribution in [2.24, 2.45) is 23.2 Å². The molecule has 1 aromatic carbocycles. The molecule has 0 bridgehead atoms. The first kappa shape index (κ1) is 19.5. The fraction of sp³-hybridized carbons (Fsp3) is 0.571. The number of nitrogens with zero attached hydrogens (tertiary/aromatic N) is 1. The van der Waals surface area contributed by atoms with Gasteiger partial charge in [0.05, 0.1) is 11.2 Å². The molecule has 0 amide bonds. The lowest BCUT2D eigenvalue weighted by atomic mass is 9.48. The lowest BCUT2D eigenvalue weighted by Gasteiger charge is -2.57. The molecule has 4 unspecified atom stereocenters. The number of fused-ring (bicyclic) bond motifs is 8. The Hall–Kier alpha value is -2.16. The molecule has 2 saturated carbocycles. The van der Waals surface area contributed by atoms with Gasteiger partial charge in [-0.1, -0.05) is 43.7 Å². The molecular weight excluding hydrogens is 382 g/mol. The van der Waals surface area contributed by atoms with Crippen LogP contribution in [0.25, 0.3) is 10.9 Å². The third kappa shape index (κ3) is 2.78. The molecule has 0 N–H and O–H groups in total. The zero-order valence-electron chi connectivity index (χ0n) is 19.0. The molecule has 4 aliphatic carbocycles. The van der Waals surface area contributed by atoms with E-state index in [4.69, 9.17) is 9.72 Å². The SMILES string of the molecule is CC(=O)OC1CC[C@@]2(C)C(=CCC3C2CC[C@]2(C)c4nc5ccccc5cc4CC32)C1. The van der Waals surface area contributed by atoms with Crippen molar-refractivity contribution in [1.29, 1.82) is 0 Å². The second-order valence-corrected chi connectivity index (χ2v) is 11.1. The summed E-state index contributed by atoms with van der Waals surface area (Å²) in [4.78, 5) is 16.7. The standard InChI is InChI=1S/C28H33NO2/c1-17(30)31-21-10-12-27(2)20(16-21)8-9-22-23(27)11-13-28(3)24(22)15-19-14-18-6-4-5-7-25(18)29-26(19)28/h4-8,14,21-24H,9-13,15-16H2,1-3H3/t21?,22?,23?,24?,27-,28-/m0/s1. The van der Waals surface area contributed by atoms with Crippen molar-refractivity contribution in [3.8, 4) is 0 Å². The maximum Gasteiger partial charge on any atom is 0.302 e. The Balaban J connectivity index is 1.34. The number of allylic oxidation sites excluding steroid dienone is 1. The van der Waals surface area contributed by atoms with E-state index >= 15 is 0 Å². The Morgan fingerprint density at radius 3 is 2.71 bits per heavy atom. The highest BCUT2D eigenvalue weighted by Gasteiger charge is 2.58. The Kier molecular flexibility index (Phi) is 4.20. The smallest absolute Gasteiger partial charge is 0.302 e. The van der Waals surface area contributed by atoms with Crippen molar-refractivity contribution in [2.75, 3.05) is 0 Å². The van der Waals surface area contributed by atoms with Crippen LogP contribution >= 0.6 is 0 Å². The number of esters is 1. The number of pyridine rings is 1. The van der Waals surface area contributed by atoms with Crippen LogP contribution in [-0.4, -0.2) is 17.1 Å². The van der Waals surface area contributed by atoms with Gasteiger partial charge in [-0.3, -0.25) is 9.78 Å². The van der Waals surface area contributed by atoms with Gasteiger partial charge in [-0.05, 0) is 79.4 Å². The molecule has 0 aliphatic heterocycles. The summed E-state index contributed by atoms with van der Waals surface area (Å²) in [5.41, 5.74) is 6.06. The highest BCUT2D eigenvalue weighted by molar-refractivity contribution is 5.80. The number of para-hydroxylation sites is 1. The van der Waals surface area contributed by atoms with E-state index in [0.717, 1.165) is 36.6 Å². The van der Waals surface area contributed by atoms with E-state index in [-0.39, 0.29) is 22.9 Å². The maximum atomic E-state index is 11.5. The monoisotopic (exact) mass is 415 g/mol. The summed E-state index contributed by atoms with van der Waals surface area (Å²) in [6.45, 7) is 6.55. The zero-order valence-corrected chi connectivity index (χ0v) is 19.0. The van der Waals surface area contributed by atoms with Gasteiger partial charge in [0.1, 0.15) is 6.10 Å². The number of hydrogen-bond donors (Lipinski definition) is 0. The number of ether oxygens (including phenoxy) is 1. The van der Waals surface area contributed by atoms with Crippen molar-refractivity contribution in [2.45, 2.75) is 77.2 Å². The molecule has 0 spiro atoms. The number of carbonyl (C=O) groups excluding carboxylic acids is 1. The number of rotatable bonds is 1. The van der Waals surface area contributed by atoms with Crippen LogP contribution in [0.2, 0.25) is 0 Å². The van der Waals surface area contributed by atoms with Crippen LogP contribution in [0.15, 0.2) is 42.0 Å². The van der Waals surface area contributed by atoms with E-state index in [0.29, 0.717) is 5.92 Å². The van der Waals surface area contributed by atoms with Crippen LogP contribution in [-0.2, 0) is 21.4 Å². The molecule has 3 nitrogen and oxygen atoms in total. The summed E-state index contributed by atoms with van der Waals surface area (Å²) >= 11 is 0. The summed E-state index contributed by atoms with van der Waals surface area (Å²) < 4.78 is 5.60. The van der Waals surface area contributed by atoms with Crippen molar-refractivity contribution >= 4 is 16.9 Å². The molecule has 2 fully saturated rings. The van der Waals surface area contributed by atoms with Crippen molar-refractivity contribution < 1.29 is 9.53 Å². The molecule has 2 aromatic rings. The van der Waals surface area contributed by atoms with E-state index in [1.54, 1.807) is 5.57 Å². The van der Waals surface area contributed by atoms with Gasteiger partial charge in [-0.15, -0.1) is 0 Å². The van der Waals surface area contributed by atoms with Gasteiger partial charge in [0.2, 0.25) is 0 Å². The van der Waals surface area contributed by atoms with Gasteiger partial charge in [-0.25, -0.2) is 0 Å². The van der Waals surface area contributed by atoms with Gasteiger partial charge in [0.15, 0.2) is 0 Å². The predicted octanol–water partition coefficient (Wildman–Crippen LogP) is 6.14. The summed E-state index contributed by atoms with van der Waals surface area (Å²) in [6.07, 6.45) is 10.6. The normalized spacial score (nSPS) is 38.5. The van der Waals surface area contributed by atoms with Gasteiger partial charge in [-0.2, -0.15) is 0 Å². The first-order chi connectivity index (χ1) is 14.9. The highest BCUT2D eigenvalue weighted by atomic mass is 16.5. The average molecular weight is 416 g/mol.